The number of amides is 1. The number of likely N-dealkylation sites (tertiary alicyclic amines) is 2. The first kappa shape index (κ1) is 36.0. The number of alkyl halides is 1. The number of aromatic nitrogens is 2. The number of likely N-dealkylation sites (N-methyl/N-ethyl adjacent to an activating group) is 1. The average molecular weight is 713 g/mol. The zero-order valence-electron chi connectivity index (χ0n) is 30.1. The number of anilines is 1. The van der Waals surface area contributed by atoms with Crippen LogP contribution in [-0.2, 0) is 30.7 Å². The normalized spacial score (nSPS) is 24.6. The maximum atomic E-state index is 15.0. The van der Waals surface area contributed by atoms with Crippen LogP contribution in [0.3, 0.4) is 0 Å². The Kier molecular flexibility index (Phi) is 10.3. The Labute approximate surface area is 304 Å². The van der Waals surface area contributed by atoms with Gasteiger partial charge < -0.3 is 14.5 Å². The lowest BCUT2D eigenvalue weighted by Gasteiger charge is -2.40. The van der Waals surface area contributed by atoms with Gasteiger partial charge in [-0.1, -0.05) is 30.7 Å². The summed E-state index contributed by atoms with van der Waals surface area (Å²) in [7, 11) is 1.99. The largest absolute Gasteiger partial charge is 0.461 e. The van der Waals surface area contributed by atoms with Gasteiger partial charge in [-0.15, -0.1) is 6.42 Å². The van der Waals surface area contributed by atoms with Crippen molar-refractivity contribution in [1.29, 1.82) is 0 Å². The number of hydrogen-bond acceptors (Lipinski definition) is 7. The molecule has 1 amide bonds. The van der Waals surface area contributed by atoms with Gasteiger partial charge in [-0.2, -0.15) is 9.97 Å². The summed E-state index contributed by atoms with van der Waals surface area (Å²) in [4.78, 5) is 31.0. The van der Waals surface area contributed by atoms with Crippen molar-refractivity contribution >= 4 is 11.7 Å². The fraction of sp³-hybridized carbons (Fsp3) is 0.488. The molecule has 1 aromatic heterocycles. The second-order valence-electron chi connectivity index (χ2n) is 15.0. The van der Waals surface area contributed by atoms with Crippen LogP contribution in [-0.4, -0.2) is 88.2 Å². The Morgan fingerprint density at radius 1 is 1.13 bits per heavy atom. The third kappa shape index (κ3) is 7.15. The summed E-state index contributed by atoms with van der Waals surface area (Å²) < 4.78 is 50.0. The number of halogens is 3. The standard InChI is InChI=1S/C41H47F3N6O2/c1-5-32-34(44)17-14-28-9-7-11-36(38(28)32)48-20-18-33-35(25-48)45-40(46-39(33)47(4)24-31-10-8-19-50(31)37(51)6-2)52-26-41(3)21-30(43)23-49(41)22-27-12-15-29(42)16-13-27/h1,6,12-17,30-31,36H,2,7-11,18-26H2,3-4H3/t30-,31+,36+,41+/m1/s1. The lowest BCUT2D eigenvalue weighted by atomic mass is 9.83. The minimum atomic E-state index is -1.03. The summed E-state index contributed by atoms with van der Waals surface area (Å²) >= 11 is 0. The Bertz CT molecular complexity index is 1860. The molecular formula is C41H47F3N6O2. The van der Waals surface area contributed by atoms with Gasteiger partial charge in [0.25, 0.3) is 0 Å². The number of nitrogens with zero attached hydrogens (tertiary/aromatic N) is 6. The van der Waals surface area contributed by atoms with Gasteiger partial charge in [0.15, 0.2) is 0 Å². The van der Waals surface area contributed by atoms with Crippen molar-refractivity contribution in [2.75, 3.05) is 44.7 Å². The number of fused-ring (bicyclic) bond motifs is 2. The van der Waals surface area contributed by atoms with Crippen LogP contribution in [0, 0.1) is 24.0 Å². The van der Waals surface area contributed by atoms with E-state index in [1.165, 1.54) is 24.3 Å². The highest BCUT2D eigenvalue weighted by Gasteiger charge is 2.43. The molecule has 4 heterocycles. The van der Waals surface area contributed by atoms with E-state index < -0.39 is 11.7 Å². The first-order valence-corrected chi connectivity index (χ1v) is 18.4. The molecule has 7 rings (SSSR count). The molecule has 3 aromatic rings. The summed E-state index contributed by atoms with van der Waals surface area (Å²) in [5, 5.41) is 0. The number of carbonyl (C=O) groups is 1. The van der Waals surface area contributed by atoms with Gasteiger partial charge in [0.2, 0.25) is 5.91 Å². The third-order valence-electron chi connectivity index (χ3n) is 11.5. The quantitative estimate of drug-likeness (QED) is 0.184. The van der Waals surface area contributed by atoms with Crippen LogP contribution in [0.15, 0.2) is 49.1 Å². The molecular weight excluding hydrogens is 665 g/mol. The highest BCUT2D eigenvalue weighted by molar-refractivity contribution is 5.87. The Morgan fingerprint density at radius 2 is 1.94 bits per heavy atom. The van der Waals surface area contributed by atoms with Crippen molar-refractivity contribution in [2.24, 2.45) is 0 Å². The van der Waals surface area contributed by atoms with Gasteiger partial charge in [-0.25, -0.2) is 13.2 Å². The molecule has 274 valence electrons. The lowest BCUT2D eigenvalue weighted by Crippen LogP contribution is -2.45. The van der Waals surface area contributed by atoms with Gasteiger partial charge in [-0.3, -0.25) is 14.6 Å². The van der Waals surface area contributed by atoms with E-state index in [2.05, 4.69) is 22.3 Å². The highest BCUT2D eigenvalue weighted by Crippen LogP contribution is 2.41. The maximum Gasteiger partial charge on any atom is 0.318 e. The van der Waals surface area contributed by atoms with Gasteiger partial charge in [0.1, 0.15) is 30.2 Å². The van der Waals surface area contributed by atoms with Crippen LogP contribution in [0.25, 0.3) is 0 Å². The average Bonchev–Trinajstić information content (AvgIpc) is 3.72. The minimum Gasteiger partial charge on any atom is -0.461 e. The molecule has 3 aliphatic heterocycles. The van der Waals surface area contributed by atoms with Crippen molar-refractivity contribution in [3.63, 3.8) is 0 Å². The summed E-state index contributed by atoms with van der Waals surface area (Å²) in [6.07, 6.45) is 11.7. The smallest absolute Gasteiger partial charge is 0.318 e. The molecule has 0 spiro atoms. The molecule has 2 fully saturated rings. The molecule has 0 unspecified atom stereocenters. The topological polar surface area (TPSA) is 65.0 Å². The molecule has 2 aromatic carbocycles. The number of ether oxygens (including phenoxy) is 1. The van der Waals surface area contributed by atoms with Gasteiger partial charge >= 0.3 is 6.01 Å². The van der Waals surface area contributed by atoms with Crippen molar-refractivity contribution in [2.45, 2.75) is 88.8 Å². The van der Waals surface area contributed by atoms with Crippen LogP contribution in [0.2, 0.25) is 0 Å². The molecule has 8 nitrogen and oxygen atoms in total. The second kappa shape index (κ2) is 14.9. The van der Waals surface area contributed by atoms with E-state index in [9.17, 15) is 18.0 Å². The molecule has 2 saturated heterocycles. The summed E-state index contributed by atoms with van der Waals surface area (Å²) in [6.45, 7) is 9.05. The lowest BCUT2D eigenvalue weighted by molar-refractivity contribution is -0.126. The van der Waals surface area contributed by atoms with Gasteiger partial charge in [0, 0.05) is 70.4 Å². The molecule has 0 N–H and O–H groups in total. The van der Waals surface area contributed by atoms with E-state index in [0.29, 0.717) is 38.2 Å². The van der Waals surface area contributed by atoms with Crippen molar-refractivity contribution in [1.82, 2.24) is 24.7 Å². The number of terminal acetylenes is 1. The molecule has 0 saturated carbocycles. The summed E-state index contributed by atoms with van der Waals surface area (Å²) in [5.74, 6) is 2.63. The number of rotatable bonds is 10. The van der Waals surface area contributed by atoms with Crippen LogP contribution in [0.1, 0.15) is 78.6 Å². The molecule has 0 bridgehead atoms. The number of benzene rings is 2. The highest BCUT2D eigenvalue weighted by atomic mass is 19.1. The van der Waals surface area contributed by atoms with Crippen molar-refractivity contribution in [3.05, 3.63) is 94.2 Å². The molecule has 4 atom stereocenters. The number of hydrogen-bond donors (Lipinski definition) is 0. The Balaban J connectivity index is 1.18. The summed E-state index contributed by atoms with van der Waals surface area (Å²) in [5.41, 5.74) is 4.44. The van der Waals surface area contributed by atoms with Crippen molar-refractivity contribution < 1.29 is 22.7 Å². The molecule has 52 heavy (non-hydrogen) atoms. The fourth-order valence-electron chi connectivity index (χ4n) is 8.83. The monoisotopic (exact) mass is 712 g/mol. The molecule has 4 aliphatic rings. The minimum absolute atomic E-state index is 0.0142. The zero-order valence-corrected chi connectivity index (χ0v) is 30.1. The van der Waals surface area contributed by atoms with Gasteiger partial charge in [-0.05, 0) is 86.4 Å². The Morgan fingerprint density at radius 3 is 2.71 bits per heavy atom. The molecule has 0 radical (unpaired) electrons. The van der Waals surface area contributed by atoms with E-state index in [4.69, 9.17) is 21.1 Å². The Hall–Kier alpha value is -4.40. The maximum absolute atomic E-state index is 15.0. The molecule has 1 aliphatic carbocycles. The number of aryl methyl sites for hydroxylation is 1. The number of carbonyl (C=O) groups excluding carboxylic acids is 1. The second-order valence-corrected chi connectivity index (χ2v) is 15.0. The van der Waals surface area contributed by atoms with E-state index >= 15 is 0 Å². The predicted octanol–water partition coefficient (Wildman–Crippen LogP) is 6.17. The summed E-state index contributed by atoms with van der Waals surface area (Å²) in [6, 6.07) is 9.81. The SMILES string of the molecule is C#Cc1c(F)ccc2c1[C@@H](N1CCc3c(nc(OC[C@]4(C)C[C@@H](F)CN4Cc4ccc(F)cc4)nc3N(C)C[C@@H]3CCCN3C(=O)C=C)C1)CCC2. The fourth-order valence-corrected chi connectivity index (χ4v) is 8.83. The van der Waals surface area contributed by atoms with E-state index in [-0.39, 0.29) is 55.2 Å². The van der Waals surface area contributed by atoms with E-state index in [0.717, 1.165) is 72.4 Å². The van der Waals surface area contributed by atoms with Crippen LogP contribution in [0.5, 0.6) is 6.01 Å². The first-order chi connectivity index (χ1) is 25.1. The predicted molar refractivity (Wildman–Crippen MR) is 195 cm³/mol. The molecule has 11 heteroatoms. The zero-order chi connectivity index (χ0) is 36.6. The van der Waals surface area contributed by atoms with Gasteiger partial charge in [0.05, 0.1) is 16.8 Å². The van der Waals surface area contributed by atoms with Crippen LogP contribution in [0.4, 0.5) is 19.0 Å². The van der Waals surface area contributed by atoms with Crippen LogP contribution < -0.4 is 9.64 Å². The van der Waals surface area contributed by atoms with E-state index in [1.54, 1.807) is 12.1 Å². The van der Waals surface area contributed by atoms with Crippen LogP contribution >= 0.6 is 0 Å². The van der Waals surface area contributed by atoms with E-state index in [1.807, 2.05) is 29.8 Å². The third-order valence-corrected chi connectivity index (χ3v) is 11.5. The van der Waals surface area contributed by atoms with Crippen molar-refractivity contribution in [3.8, 4) is 18.4 Å². The first-order valence-electron chi connectivity index (χ1n) is 18.4.